The van der Waals surface area contributed by atoms with E-state index < -0.39 is 5.82 Å². The third-order valence-corrected chi connectivity index (χ3v) is 2.61. The van der Waals surface area contributed by atoms with Crippen molar-refractivity contribution in [3.63, 3.8) is 0 Å². The maximum Gasteiger partial charge on any atom is 0.143 e. The fourth-order valence-electron chi connectivity index (χ4n) is 1.74. The number of hydrogen-bond acceptors (Lipinski definition) is 4. The van der Waals surface area contributed by atoms with Gasteiger partial charge in [-0.2, -0.15) is 5.26 Å². The Bertz CT molecular complexity index is 417. The van der Waals surface area contributed by atoms with Crippen LogP contribution in [0.15, 0.2) is 18.2 Å². The lowest BCUT2D eigenvalue weighted by Crippen LogP contribution is -2.26. The van der Waals surface area contributed by atoms with Crippen LogP contribution in [0, 0.1) is 17.1 Å². The van der Waals surface area contributed by atoms with E-state index in [1.54, 1.807) is 19.2 Å². The molecule has 0 amide bonds. The van der Waals surface area contributed by atoms with E-state index in [1.807, 2.05) is 6.07 Å². The molecule has 1 rings (SSSR count). The molecule has 0 spiro atoms. The van der Waals surface area contributed by atoms with E-state index in [-0.39, 0.29) is 11.6 Å². The molecule has 0 aliphatic rings. The van der Waals surface area contributed by atoms with Gasteiger partial charge in [0.1, 0.15) is 17.4 Å². The van der Waals surface area contributed by atoms with Gasteiger partial charge in [0, 0.05) is 13.2 Å². The molecule has 1 atom stereocenters. The van der Waals surface area contributed by atoms with Crippen LogP contribution in [-0.2, 0) is 4.74 Å². The number of nitrogens with one attached hydrogen (secondary N) is 1. The van der Waals surface area contributed by atoms with Crippen molar-refractivity contribution in [3.05, 3.63) is 29.6 Å². The molecule has 0 aliphatic carbocycles. The maximum atomic E-state index is 13.4. The first-order valence-corrected chi connectivity index (χ1v) is 5.87. The second-order valence-electron chi connectivity index (χ2n) is 4.00. The first kappa shape index (κ1) is 14.4. The van der Waals surface area contributed by atoms with Crippen LogP contribution in [0.3, 0.4) is 0 Å². The molecule has 4 nitrogen and oxygen atoms in total. The number of benzene rings is 1. The Hall–Kier alpha value is -1.64. The number of anilines is 1. The van der Waals surface area contributed by atoms with E-state index in [0.717, 1.165) is 12.8 Å². The topological polar surface area (TPSA) is 71.1 Å². The number of nitrogens with zero attached hydrogens (tertiary/aromatic N) is 1. The fourth-order valence-corrected chi connectivity index (χ4v) is 1.74. The molecule has 0 aromatic heterocycles. The van der Waals surface area contributed by atoms with E-state index >= 15 is 0 Å². The van der Waals surface area contributed by atoms with Gasteiger partial charge in [-0.15, -0.1) is 0 Å². The quantitative estimate of drug-likeness (QED) is 0.776. The van der Waals surface area contributed by atoms with Crippen LogP contribution in [0.25, 0.3) is 0 Å². The fraction of sp³-hybridized carbons (Fsp3) is 0.462. The summed E-state index contributed by atoms with van der Waals surface area (Å²) < 4.78 is 18.5. The third-order valence-electron chi connectivity index (χ3n) is 2.61. The summed E-state index contributed by atoms with van der Waals surface area (Å²) in [6, 6.07) is 6.42. The molecule has 0 fully saturated rings. The van der Waals surface area contributed by atoms with Crippen molar-refractivity contribution < 1.29 is 9.13 Å². The number of methoxy groups -OCH3 is 1. The van der Waals surface area contributed by atoms with Crippen molar-refractivity contribution in [2.45, 2.75) is 18.9 Å². The summed E-state index contributed by atoms with van der Waals surface area (Å²) in [6.07, 6.45) is 1.66. The highest BCUT2D eigenvalue weighted by Gasteiger charge is 2.12. The first-order chi connectivity index (χ1) is 8.72. The van der Waals surface area contributed by atoms with Crippen molar-refractivity contribution in [2.75, 3.05) is 25.6 Å². The number of nitrogens with two attached hydrogens (primary N) is 1. The minimum Gasteiger partial charge on any atom is -0.383 e. The molecule has 0 heterocycles. The Kier molecular flexibility index (Phi) is 6.12. The molecular formula is C13H18FN3O. The molecular weight excluding hydrogens is 233 g/mol. The smallest absolute Gasteiger partial charge is 0.143 e. The Labute approximate surface area is 107 Å². The highest BCUT2D eigenvalue weighted by Crippen LogP contribution is 2.19. The van der Waals surface area contributed by atoms with Crippen LogP contribution in [0.5, 0.6) is 0 Å². The van der Waals surface area contributed by atoms with E-state index in [0.29, 0.717) is 18.8 Å². The molecule has 1 aromatic rings. The molecule has 0 saturated carbocycles. The van der Waals surface area contributed by atoms with Crippen molar-refractivity contribution in [3.8, 4) is 6.07 Å². The summed E-state index contributed by atoms with van der Waals surface area (Å²) in [5.74, 6) is -0.516. The predicted octanol–water partition coefficient (Wildman–Crippen LogP) is 1.86. The summed E-state index contributed by atoms with van der Waals surface area (Å²) in [6.45, 7) is 1.08. The predicted molar refractivity (Wildman–Crippen MR) is 68.7 cm³/mol. The van der Waals surface area contributed by atoms with E-state index in [2.05, 4.69) is 5.32 Å². The Morgan fingerprint density at radius 3 is 2.94 bits per heavy atom. The molecule has 18 heavy (non-hydrogen) atoms. The van der Waals surface area contributed by atoms with Gasteiger partial charge in [0.15, 0.2) is 0 Å². The number of halogens is 1. The van der Waals surface area contributed by atoms with E-state index in [9.17, 15) is 4.39 Å². The lowest BCUT2D eigenvalue weighted by atomic mass is 10.1. The summed E-state index contributed by atoms with van der Waals surface area (Å²) >= 11 is 0. The lowest BCUT2D eigenvalue weighted by molar-refractivity contribution is 0.182. The van der Waals surface area contributed by atoms with Crippen molar-refractivity contribution in [1.82, 2.24) is 0 Å². The monoisotopic (exact) mass is 251 g/mol. The standard InChI is InChI=1S/C13H18FN3O/c1-18-9-10(4-3-7-15)17-13-6-2-5-12(14)11(13)8-16/h2,5-6,10,17H,3-4,7,9,15H2,1H3. The van der Waals surface area contributed by atoms with Crippen LogP contribution >= 0.6 is 0 Å². The maximum absolute atomic E-state index is 13.4. The second kappa shape index (κ2) is 7.64. The molecule has 1 unspecified atom stereocenters. The minimum atomic E-state index is -0.516. The molecule has 5 heteroatoms. The molecule has 98 valence electrons. The number of ether oxygens (including phenoxy) is 1. The second-order valence-corrected chi connectivity index (χ2v) is 4.00. The molecule has 0 bridgehead atoms. The zero-order valence-corrected chi connectivity index (χ0v) is 10.4. The van der Waals surface area contributed by atoms with Crippen LogP contribution in [-0.4, -0.2) is 26.3 Å². The van der Waals surface area contributed by atoms with Crippen LogP contribution in [0.2, 0.25) is 0 Å². The first-order valence-electron chi connectivity index (χ1n) is 5.87. The van der Waals surface area contributed by atoms with Gasteiger partial charge in [-0.05, 0) is 31.5 Å². The van der Waals surface area contributed by atoms with Crippen LogP contribution in [0.4, 0.5) is 10.1 Å². The highest BCUT2D eigenvalue weighted by molar-refractivity contribution is 5.58. The molecule has 0 aliphatic heterocycles. The minimum absolute atomic E-state index is 0.0208. The van der Waals surface area contributed by atoms with Gasteiger partial charge in [0.2, 0.25) is 0 Å². The average molecular weight is 251 g/mol. The summed E-state index contributed by atoms with van der Waals surface area (Å²) in [5.41, 5.74) is 6.00. The van der Waals surface area contributed by atoms with E-state index in [1.165, 1.54) is 6.07 Å². The lowest BCUT2D eigenvalue weighted by Gasteiger charge is -2.19. The number of nitriles is 1. The Balaban J connectivity index is 2.80. The van der Waals surface area contributed by atoms with Crippen molar-refractivity contribution in [1.29, 1.82) is 5.26 Å². The van der Waals surface area contributed by atoms with Crippen LogP contribution < -0.4 is 11.1 Å². The van der Waals surface area contributed by atoms with Gasteiger partial charge < -0.3 is 15.8 Å². The normalized spacial score (nSPS) is 11.9. The zero-order chi connectivity index (χ0) is 13.4. The van der Waals surface area contributed by atoms with Gasteiger partial charge in [-0.25, -0.2) is 4.39 Å². The molecule has 0 radical (unpaired) electrons. The Morgan fingerprint density at radius 1 is 1.56 bits per heavy atom. The van der Waals surface area contributed by atoms with Crippen molar-refractivity contribution in [2.24, 2.45) is 5.73 Å². The summed E-state index contributed by atoms with van der Waals surface area (Å²) in [5, 5.41) is 12.1. The number of rotatable bonds is 7. The summed E-state index contributed by atoms with van der Waals surface area (Å²) in [7, 11) is 1.61. The van der Waals surface area contributed by atoms with Gasteiger partial charge >= 0.3 is 0 Å². The van der Waals surface area contributed by atoms with E-state index in [4.69, 9.17) is 15.7 Å². The molecule has 3 N–H and O–H groups in total. The number of hydrogen-bond donors (Lipinski definition) is 2. The van der Waals surface area contributed by atoms with Crippen molar-refractivity contribution >= 4 is 5.69 Å². The third kappa shape index (κ3) is 3.99. The van der Waals surface area contributed by atoms with Gasteiger partial charge in [0.25, 0.3) is 0 Å². The SMILES string of the molecule is COCC(CCCN)Nc1cccc(F)c1C#N. The zero-order valence-electron chi connectivity index (χ0n) is 10.4. The summed E-state index contributed by atoms with van der Waals surface area (Å²) in [4.78, 5) is 0. The largest absolute Gasteiger partial charge is 0.383 e. The van der Waals surface area contributed by atoms with Crippen LogP contribution in [0.1, 0.15) is 18.4 Å². The van der Waals surface area contributed by atoms with Gasteiger partial charge in [-0.1, -0.05) is 6.07 Å². The molecule has 1 aromatic carbocycles. The highest BCUT2D eigenvalue weighted by atomic mass is 19.1. The average Bonchev–Trinajstić information content (AvgIpc) is 2.36. The Morgan fingerprint density at radius 2 is 2.33 bits per heavy atom. The van der Waals surface area contributed by atoms with Gasteiger partial charge in [-0.3, -0.25) is 0 Å². The van der Waals surface area contributed by atoms with Gasteiger partial charge in [0.05, 0.1) is 12.3 Å². The molecule has 0 saturated heterocycles.